The predicted octanol–water partition coefficient (Wildman–Crippen LogP) is 2.22. The van der Waals surface area contributed by atoms with Crippen molar-refractivity contribution in [2.45, 2.75) is 6.92 Å². The molecule has 0 N–H and O–H groups in total. The van der Waals surface area contributed by atoms with E-state index in [0.29, 0.717) is 0 Å². The summed E-state index contributed by atoms with van der Waals surface area (Å²) < 4.78 is 0. The standard InChI is InChI=1S/C10H11N/c1-9-5-4-7-10-6-2-3-8-11(9)10/h2-7H,8H2,1H3. The van der Waals surface area contributed by atoms with Crippen molar-refractivity contribution in [2.75, 3.05) is 6.54 Å². The van der Waals surface area contributed by atoms with Crippen LogP contribution in [0, 0.1) is 0 Å². The quantitative estimate of drug-likeness (QED) is 0.505. The summed E-state index contributed by atoms with van der Waals surface area (Å²) in [7, 11) is 0. The van der Waals surface area contributed by atoms with Crippen LogP contribution in [0.15, 0.2) is 47.9 Å². The molecular weight excluding hydrogens is 134 g/mol. The fourth-order valence-electron chi connectivity index (χ4n) is 1.40. The summed E-state index contributed by atoms with van der Waals surface area (Å²) in [6.45, 7) is 3.15. The Labute approximate surface area is 67.0 Å². The van der Waals surface area contributed by atoms with Crippen LogP contribution in [-0.4, -0.2) is 11.4 Å². The first-order valence-corrected chi connectivity index (χ1v) is 3.87. The van der Waals surface area contributed by atoms with Crippen LogP contribution < -0.4 is 0 Å². The van der Waals surface area contributed by atoms with Gasteiger partial charge in [-0.05, 0) is 25.2 Å². The summed E-state index contributed by atoms with van der Waals surface area (Å²) in [5.41, 5.74) is 2.62. The third kappa shape index (κ3) is 1.03. The van der Waals surface area contributed by atoms with Crippen molar-refractivity contribution in [3.8, 4) is 0 Å². The Balaban J connectivity index is 2.37. The number of hydrogen-bond donors (Lipinski definition) is 0. The average molecular weight is 145 g/mol. The largest absolute Gasteiger partial charge is 0.342 e. The summed E-state index contributed by atoms with van der Waals surface area (Å²) in [4.78, 5) is 2.29. The third-order valence-electron chi connectivity index (χ3n) is 2.03. The molecule has 1 heteroatoms. The van der Waals surface area contributed by atoms with Gasteiger partial charge in [-0.3, -0.25) is 0 Å². The van der Waals surface area contributed by atoms with Crippen molar-refractivity contribution in [1.29, 1.82) is 0 Å². The highest BCUT2D eigenvalue weighted by Crippen LogP contribution is 2.20. The molecule has 56 valence electrons. The van der Waals surface area contributed by atoms with Crippen LogP contribution in [0.25, 0.3) is 0 Å². The first-order valence-electron chi connectivity index (χ1n) is 3.87. The average Bonchev–Trinajstić information content (AvgIpc) is 2.06. The zero-order valence-corrected chi connectivity index (χ0v) is 6.62. The van der Waals surface area contributed by atoms with E-state index in [9.17, 15) is 0 Å². The van der Waals surface area contributed by atoms with Gasteiger partial charge in [0.2, 0.25) is 0 Å². The molecule has 2 aliphatic heterocycles. The van der Waals surface area contributed by atoms with Crippen molar-refractivity contribution in [1.82, 2.24) is 4.90 Å². The van der Waals surface area contributed by atoms with Gasteiger partial charge in [0.1, 0.15) is 0 Å². The highest BCUT2D eigenvalue weighted by atomic mass is 15.1. The molecule has 11 heavy (non-hydrogen) atoms. The zero-order chi connectivity index (χ0) is 7.68. The van der Waals surface area contributed by atoms with Crippen LogP contribution in [0.5, 0.6) is 0 Å². The van der Waals surface area contributed by atoms with E-state index >= 15 is 0 Å². The number of hydrogen-bond acceptors (Lipinski definition) is 1. The number of fused-ring (bicyclic) bond motifs is 1. The van der Waals surface area contributed by atoms with Crippen LogP contribution in [0.4, 0.5) is 0 Å². The molecule has 0 unspecified atom stereocenters. The van der Waals surface area contributed by atoms with Crippen LogP contribution in [-0.2, 0) is 0 Å². The van der Waals surface area contributed by atoms with Crippen LogP contribution in [0.3, 0.4) is 0 Å². The molecule has 0 saturated heterocycles. The van der Waals surface area contributed by atoms with Crippen molar-refractivity contribution in [2.24, 2.45) is 0 Å². The van der Waals surface area contributed by atoms with Crippen LogP contribution >= 0.6 is 0 Å². The van der Waals surface area contributed by atoms with Gasteiger partial charge in [-0.2, -0.15) is 0 Å². The van der Waals surface area contributed by atoms with Gasteiger partial charge in [-0.25, -0.2) is 0 Å². The van der Waals surface area contributed by atoms with Gasteiger partial charge in [0.05, 0.1) is 0 Å². The lowest BCUT2D eigenvalue weighted by Gasteiger charge is -2.29. The summed E-state index contributed by atoms with van der Waals surface area (Å²) in [5, 5.41) is 0. The Morgan fingerprint density at radius 2 is 2.18 bits per heavy atom. The summed E-state index contributed by atoms with van der Waals surface area (Å²) >= 11 is 0. The van der Waals surface area contributed by atoms with Gasteiger partial charge in [0.25, 0.3) is 0 Å². The molecule has 1 nitrogen and oxygen atoms in total. The molecule has 0 aromatic heterocycles. The SMILES string of the molecule is CC1=CC=CC2=CC=CCN12. The fraction of sp³-hybridized carbons (Fsp3) is 0.200. The molecule has 0 aromatic carbocycles. The highest BCUT2D eigenvalue weighted by molar-refractivity contribution is 5.36. The van der Waals surface area contributed by atoms with E-state index < -0.39 is 0 Å². The minimum absolute atomic E-state index is 1.01. The first kappa shape index (κ1) is 6.47. The predicted molar refractivity (Wildman–Crippen MR) is 46.8 cm³/mol. The maximum atomic E-state index is 2.29. The summed E-state index contributed by atoms with van der Waals surface area (Å²) in [6, 6.07) is 0. The maximum Gasteiger partial charge on any atom is 0.0411 e. The topological polar surface area (TPSA) is 3.24 Å². The van der Waals surface area contributed by atoms with E-state index in [1.807, 2.05) is 0 Å². The van der Waals surface area contributed by atoms with E-state index in [2.05, 4.69) is 48.3 Å². The number of rotatable bonds is 0. The Kier molecular flexibility index (Phi) is 1.42. The Bertz CT molecular complexity index is 279. The van der Waals surface area contributed by atoms with Crippen LogP contribution in [0.2, 0.25) is 0 Å². The molecule has 2 aliphatic rings. The van der Waals surface area contributed by atoms with Crippen molar-refractivity contribution in [3.63, 3.8) is 0 Å². The minimum atomic E-state index is 1.01. The smallest absolute Gasteiger partial charge is 0.0411 e. The highest BCUT2D eigenvalue weighted by Gasteiger charge is 2.11. The Morgan fingerprint density at radius 3 is 3.00 bits per heavy atom. The molecule has 0 amide bonds. The van der Waals surface area contributed by atoms with E-state index in [-0.39, 0.29) is 0 Å². The second kappa shape index (κ2) is 2.42. The fourth-order valence-corrected chi connectivity index (χ4v) is 1.40. The van der Waals surface area contributed by atoms with Gasteiger partial charge in [0.15, 0.2) is 0 Å². The summed E-state index contributed by atoms with van der Waals surface area (Å²) in [6.07, 6.45) is 12.8. The van der Waals surface area contributed by atoms with Gasteiger partial charge in [0, 0.05) is 17.9 Å². The molecule has 0 bridgehead atoms. The molecule has 0 saturated carbocycles. The molecule has 2 heterocycles. The monoisotopic (exact) mass is 145 g/mol. The molecule has 2 rings (SSSR count). The van der Waals surface area contributed by atoms with E-state index in [1.165, 1.54) is 11.4 Å². The lowest BCUT2D eigenvalue weighted by Crippen LogP contribution is -2.23. The lowest BCUT2D eigenvalue weighted by atomic mass is 10.1. The molecule has 0 aliphatic carbocycles. The van der Waals surface area contributed by atoms with Crippen molar-refractivity contribution >= 4 is 0 Å². The molecular formula is C10H11N. The first-order chi connectivity index (χ1) is 5.38. The molecule has 0 fully saturated rings. The van der Waals surface area contributed by atoms with Gasteiger partial charge < -0.3 is 4.90 Å². The maximum absolute atomic E-state index is 2.29. The normalized spacial score (nSPS) is 21.0. The Morgan fingerprint density at radius 1 is 1.27 bits per heavy atom. The van der Waals surface area contributed by atoms with Gasteiger partial charge >= 0.3 is 0 Å². The number of nitrogens with zero attached hydrogens (tertiary/aromatic N) is 1. The lowest BCUT2D eigenvalue weighted by molar-refractivity contribution is 0.479. The third-order valence-corrected chi connectivity index (χ3v) is 2.03. The molecule has 0 aromatic rings. The van der Waals surface area contributed by atoms with Gasteiger partial charge in [-0.1, -0.05) is 18.2 Å². The molecule has 0 atom stereocenters. The minimum Gasteiger partial charge on any atom is -0.342 e. The summed E-state index contributed by atoms with van der Waals surface area (Å²) in [5.74, 6) is 0. The second-order valence-electron chi connectivity index (χ2n) is 2.80. The number of allylic oxidation sites excluding steroid dienone is 6. The van der Waals surface area contributed by atoms with E-state index in [1.54, 1.807) is 0 Å². The second-order valence-corrected chi connectivity index (χ2v) is 2.80. The Hall–Kier alpha value is -1.24. The molecule has 0 radical (unpaired) electrons. The van der Waals surface area contributed by atoms with Crippen molar-refractivity contribution < 1.29 is 0 Å². The van der Waals surface area contributed by atoms with Crippen LogP contribution in [0.1, 0.15) is 6.92 Å². The molecule has 0 spiro atoms. The van der Waals surface area contributed by atoms with E-state index in [4.69, 9.17) is 0 Å². The van der Waals surface area contributed by atoms with Crippen molar-refractivity contribution in [3.05, 3.63) is 47.9 Å². The van der Waals surface area contributed by atoms with E-state index in [0.717, 1.165) is 6.54 Å². The van der Waals surface area contributed by atoms with Gasteiger partial charge in [-0.15, -0.1) is 0 Å². The zero-order valence-electron chi connectivity index (χ0n) is 6.62.